The summed E-state index contributed by atoms with van der Waals surface area (Å²) in [7, 11) is 0. The lowest BCUT2D eigenvalue weighted by atomic mass is 10.1. The first-order valence-electron chi connectivity index (χ1n) is 8.58. The number of H-pyrrole nitrogens is 1. The highest BCUT2D eigenvalue weighted by molar-refractivity contribution is 5.89. The summed E-state index contributed by atoms with van der Waals surface area (Å²) in [5.74, 6) is 0. The fraction of sp³-hybridized carbons (Fsp3) is 0.105. The van der Waals surface area contributed by atoms with Crippen molar-refractivity contribution in [3.63, 3.8) is 0 Å². The summed E-state index contributed by atoms with van der Waals surface area (Å²) < 4.78 is 3.92. The second-order valence-corrected chi connectivity index (χ2v) is 6.26. The van der Waals surface area contributed by atoms with Crippen LogP contribution in [0.5, 0.6) is 0 Å². The Balaban J connectivity index is 1.56. The van der Waals surface area contributed by atoms with Crippen LogP contribution in [0.15, 0.2) is 74.0 Å². The zero-order valence-electron chi connectivity index (χ0n) is 14.3. The highest BCUT2D eigenvalue weighted by atomic mass is 15.3. The monoisotopic (exact) mass is 356 g/mol. The molecule has 132 valence electrons. The number of fused-ring (bicyclic) bond motifs is 1. The second kappa shape index (κ2) is 6.49. The van der Waals surface area contributed by atoms with Gasteiger partial charge >= 0.3 is 0 Å². The van der Waals surface area contributed by atoms with Crippen molar-refractivity contribution in [3.8, 4) is 11.3 Å². The minimum Gasteiger partial charge on any atom is -0.346 e. The van der Waals surface area contributed by atoms with Crippen molar-refractivity contribution in [1.29, 1.82) is 0 Å². The van der Waals surface area contributed by atoms with E-state index in [2.05, 4.69) is 42.4 Å². The Morgan fingerprint density at radius 2 is 1.85 bits per heavy atom. The Morgan fingerprint density at radius 1 is 1.00 bits per heavy atom. The predicted octanol–water partition coefficient (Wildman–Crippen LogP) is 2.70. The van der Waals surface area contributed by atoms with E-state index in [4.69, 9.17) is 0 Å². The number of benzene rings is 1. The van der Waals surface area contributed by atoms with Crippen molar-refractivity contribution in [2.75, 3.05) is 0 Å². The van der Waals surface area contributed by atoms with E-state index < -0.39 is 0 Å². The van der Waals surface area contributed by atoms with E-state index >= 15 is 0 Å². The number of aromatic amines is 1. The third kappa shape index (κ3) is 2.86. The van der Waals surface area contributed by atoms with Crippen LogP contribution in [0.25, 0.3) is 22.3 Å². The van der Waals surface area contributed by atoms with Crippen molar-refractivity contribution < 1.29 is 0 Å². The van der Waals surface area contributed by atoms with Gasteiger partial charge in [-0.05, 0) is 11.6 Å². The average molecular weight is 356 g/mol. The van der Waals surface area contributed by atoms with Crippen molar-refractivity contribution in [2.24, 2.45) is 0 Å². The maximum Gasteiger partial charge on any atom is 0.141 e. The summed E-state index contributed by atoms with van der Waals surface area (Å²) in [4.78, 5) is 11.8. The summed E-state index contributed by atoms with van der Waals surface area (Å²) in [5, 5.41) is 13.4. The molecule has 0 radical (unpaired) electrons. The van der Waals surface area contributed by atoms with Crippen molar-refractivity contribution in [3.05, 3.63) is 79.5 Å². The SMILES string of the molecule is c1ccc(C(Cn2cnnc2)n2cc(-c3ncnc4[nH]ccc34)cn2)cc1. The van der Waals surface area contributed by atoms with E-state index in [-0.39, 0.29) is 6.04 Å². The van der Waals surface area contributed by atoms with Gasteiger partial charge in [0.1, 0.15) is 24.6 Å². The molecule has 0 fully saturated rings. The molecule has 1 N–H and O–H groups in total. The molecule has 1 unspecified atom stereocenters. The molecule has 4 aromatic heterocycles. The largest absolute Gasteiger partial charge is 0.346 e. The minimum absolute atomic E-state index is 0.0134. The molecule has 0 aliphatic rings. The fourth-order valence-electron chi connectivity index (χ4n) is 3.27. The highest BCUT2D eigenvalue weighted by Crippen LogP contribution is 2.27. The number of nitrogens with one attached hydrogen (secondary N) is 1. The van der Waals surface area contributed by atoms with E-state index in [1.165, 1.54) is 0 Å². The van der Waals surface area contributed by atoms with Gasteiger partial charge in [0, 0.05) is 23.3 Å². The zero-order chi connectivity index (χ0) is 18.1. The molecule has 8 heteroatoms. The maximum absolute atomic E-state index is 4.63. The van der Waals surface area contributed by atoms with E-state index in [1.54, 1.807) is 19.0 Å². The van der Waals surface area contributed by atoms with Crippen LogP contribution in [0.1, 0.15) is 11.6 Å². The standard InChI is InChI=1S/C19H16N8/c1-2-4-14(5-3-1)17(10-26-12-23-24-13-26)27-9-15(8-25-27)18-16-6-7-20-19(16)22-11-21-18/h1-9,11-13,17H,10H2,(H,20,21,22). The quantitative estimate of drug-likeness (QED) is 0.523. The maximum atomic E-state index is 4.63. The van der Waals surface area contributed by atoms with Crippen LogP contribution in [-0.4, -0.2) is 39.5 Å². The first-order chi connectivity index (χ1) is 13.4. The van der Waals surface area contributed by atoms with Crippen molar-refractivity contribution in [1.82, 2.24) is 39.5 Å². The van der Waals surface area contributed by atoms with Gasteiger partial charge in [-0.15, -0.1) is 10.2 Å². The van der Waals surface area contributed by atoms with Crippen LogP contribution >= 0.6 is 0 Å². The van der Waals surface area contributed by atoms with Gasteiger partial charge in [0.25, 0.3) is 0 Å². The molecular formula is C19H16N8. The molecule has 0 amide bonds. The summed E-state index contributed by atoms with van der Waals surface area (Å²) in [6.07, 6.45) is 10.7. The van der Waals surface area contributed by atoms with Crippen LogP contribution in [0, 0.1) is 0 Å². The Hall–Kier alpha value is -3.81. The molecule has 1 atom stereocenters. The molecule has 0 aliphatic heterocycles. The van der Waals surface area contributed by atoms with Crippen molar-refractivity contribution >= 4 is 11.0 Å². The molecule has 5 aromatic rings. The van der Waals surface area contributed by atoms with Gasteiger partial charge in [0.05, 0.1) is 24.5 Å². The molecule has 8 nitrogen and oxygen atoms in total. The molecular weight excluding hydrogens is 340 g/mol. The lowest BCUT2D eigenvalue weighted by Crippen LogP contribution is -2.17. The highest BCUT2D eigenvalue weighted by Gasteiger charge is 2.17. The summed E-state index contributed by atoms with van der Waals surface area (Å²) in [5.41, 5.74) is 3.79. The molecule has 0 bridgehead atoms. The number of aromatic nitrogens is 8. The third-order valence-electron chi connectivity index (χ3n) is 4.58. The smallest absolute Gasteiger partial charge is 0.141 e. The number of nitrogens with zero attached hydrogens (tertiary/aromatic N) is 7. The van der Waals surface area contributed by atoms with Gasteiger partial charge < -0.3 is 9.55 Å². The molecule has 0 spiro atoms. The topological polar surface area (TPSA) is 90.1 Å². The Bertz CT molecular complexity index is 1160. The van der Waals surface area contributed by atoms with Crippen LogP contribution in [-0.2, 0) is 6.54 Å². The number of hydrogen-bond acceptors (Lipinski definition) is 5. The minimum atomic E-state index is 0.0134. The zero-order valence-corrected chi connectivity index (χ0v) is 14.3. The predicted molar refractivity (Wildman–Crippen MR) is 99.7 cm³/mol. The molecule has 27 heavy (non-hydrogen) atoms. The van der Waals surface area contributed by atoms with E-state index in [0.717, 1.165) is 27.9 Å². The molecule has 4 heterocycles. The van der Waals surface area contributed by atoms with Crippen LogP contribution in [0.4, 0.5) is 0 Å². The lowest BCUT2D eigenvalue weighted by Gasteiger charge is -2.18. The van der Waals surface area contributed by atoms with Crippen LogP contribution in [0.2, 0.25) is 0 Å². The van der Waals surface area contributed by atoms with Crippen LogP contribution < -0.4 is 0 Å². The first kappa shape index (κ1) is 15.4. The van der Waals surface area contributed by atoms with Gasteiger partial charge in [-0.2, -0.15) is 5.10 Å². The summed E-state index contributed by atoms with van der Waals surface area (Å²) in [6.45, 7) is 0.682. The number of hydrogen-bond donors (Lipinski definition) is 1. The average Bonchev–Trinajstić information content (AvgIpc) is 3.47. The fourth-order valence-corrected chi connectivity index (χ4v) is 3.27. The third-order valence-corrected chi connectivity index (χ3v) is 4.58. The molecule has 1 aromatic carbocycles. The number of rotatable bonds is 5. The summed E-state index contributed by atoms with van der Waals surface area (Å²) >= 11 is 0. The molecule has 0 saturated carbocycles. The lowest BCUT2D eigenvalue weighted by molar-refractivity contribution is 0.453. The first-order valence-corrected chi connectivity index (χ1v) is 8.58. The molecule has 0 saturated heterocycles. The Kier molecular flexibility index (Phi) is 3.71. The van der Waals surface area contributed by atoms with E-state index in [1.807, 2.05) is 52.1 Å². The van der Waals surface area contributed by atoms with E-state index in [9.17, 15) is 0 Å². The Morgan fingerprint density at radius 3 is 2.70 bits per heavy atom. The van der Waals surface area contributed by atoms with Crippen molar-refractivity contribution in [2.45, 2.75) is 12.6 Å². The van der Waals surface area contributed by atoms with Gasteiger partial charge in [0.15, 0.2) is 0 Å². The molecule has 0 aliphatic carbocycles. The van der Waals surface area contributed by atoms with Crippen LogP contribution in [0.3, 0.4) is 0 Å². The van der Waals surface area contributed by atoms with Gasteiger partial charge in [-0.3, -0.25) is 4.68 Å². The molecule has 5 rings (SSSR count). The van der Waals surface area contributed by atoms with Gasteiger partial charge in [0.2, 0.25) is 0 Å². The Labute approximate surface area is 154 Å². The van der Waals surface area contributed by atoms with E-state index in [0.29, 0.717) is 6.54 Å². The van der Waals surface area contributed by atoms with Gasteiger partial charge in [-0.1, -0.05) is 30.3 Å². The van der Waals surface area contributed by atoms with Gasteiger partial charge in [-0.25, -0.2) is 9.97 Å². The summed E-state index contributed by atoms with van der Waals surface area (Å²) in [6, 6.07) is 12.3. The normalized spacial score (nSPS) is 12.4. The second-order valence-electron chi connectivity index (χ2n) is 6.26.